The molecule has 5 nitrogen and oxygen atoms in total. The fourth-order valence-corrected chi connectivity index (χ4v) is 3.28. The maximum absolute atomic E-state index is 9.04. The van der Waals surface area contributed by atoms with E-state index < -0.39 is 0 Å². The molecule has 1 aliphatic rings. The first kappa shape index (κ1) is 18.4. The van der Waals surface area contributed by atoms with Crippen LogP contribution in [0.2, 0.25) is 0 Å². The second-order valence-electron chi connectivity index (χ2n) is 6.38. The third-order valence-corrected chi connectivity index (χ3v) is 4.71. The van der Waals surface area contributed by atoms with E-state index >= 15 is 0 Å². The van der Waals surface area contributed by atoms with Gasteiger partial charge in [-0.25, -0.2) is 0 Å². The van der Waals surface area contributed by atoms with Gasteiger partial charge in [-0.1, -0.05) is 24.3 Å². The van der Waals surface area contributed by atoms with E-state index in [9.17, 15) is 0 Å². The van der Waals surface area contributed by atoms with Gasteiger partial charge >= 0.3 is 0 Å². The quantitative estimate of drug-likeness (QED) is 0.831. The molecule has 5 heteroatoms. The monoisotopic (exact) mass is 351 g/mol. The summed E-state index contributed by atoms with van der Waals surface area (Å²) in [5, 5.41) is 12.6. The lowest BCUT2D eigenvalue weighted by Gasteiger charge is -2.35. The van der Waals surface area contributed by atoms with Crippen molar-refractivity contribution in [3.63, 3.8) is 0 Å². The van der Waals surface area contributed by atoms with Gasteiger partial charge in [0.1, 0.15) is 5.75 Å². The fourth-order valence-electron chi connectivity index (χ4n) is 3.28. The zero-order chi connectivity index (χ0) is 18.2. The van der Waals surface area contributed by atoms with Crippen molar-refractivity contribution in [1.82, 2.24) is 10.2 Å². The molecular formula is C21H25N3O2. The first-order chi connectivity index (χ1) is 12.8. The van der Waals surface area contributed by atoms with E-state index in [4.69, 9.17) is 14.7 Å². The van der Waals surface area contributed by atoms with Gasteiger partial charge in [-0.3, -0.25) is 4.90 Å². The van der Waals surface area contributed by atoms with Crippen LogP contribution in [0.5, 0.6) is 5.75 Å². The van der Waals surface area contributed by atoms with Crippen LogP contribution in [0.3, 0.4) is 0 Å². The molecule has 1 aliphatic heterocycles. The lowest BCUT2D eigenvalue weighted by Crippen LogP contribution is -2.42. The summed E-state index contributed by atoms with van der Waals surface area (Å²) in [6.07, 6.45) is 0. The van der Waals surface area contributed by atoms with Crippen LogP contribution in [-0.4, -0.2) is 44.9 Å². The Hall–Kier alpha value is -2.39. The van der Waals surface area contributed by atoms with E-state index in [1.807, 2.05) is 36.4 Å². The minimum Gasteiger partial charge on any atom is -0.497 e. The molecule has 0 amide bonds. The molecule has 0 spiro atoms. The van der Waals surface area contributed by atoms with Crippen molar-refractivity contribution < 1.29 is 9.47 Å². The van der Waals surface area contributed by atoms with Gasteiger partial charge in [-0.15, -0.1) is 0 Å². The zero-order valence-electron chi connectivity index (χ0n) is 15.1. The van der Waals surface area contributed by atoms with Crippen molar-refractivity contribution >= 4 is 0 Å². The van der Waals surface area contributed by atoms with Crippen molar-refractivity contribution in [1.29, 1.82) is 5.26 Å². The smallest absolute Gasteiger partial charge is 0.118 e. The van der Waals surface area contributed by atoms with Gasteiger partial charge in [0.15, 0.2) is 0 Å². The Balaban J connectivity index is 1.67. The van der Waals surface area contributed by atoms with E-state index in [1.54, 1.807) is 7.11 Å². The second kappa shape index (κ2) is 9.35. The number of morpholine rings is 1. The second-order valence-corrected chi connectivity index (χ2v) is 6.38. The van der Waals surface area contributed by atoms with Crippen LogP contribution in [0, 0.1) is 11.3 Å². The van der Waals surface area contributed by atoms with Crippen LogP contribution >= 0.6 is 0 Å². The molecule has 0 aromatic heterocycles. The first-order valence-electron chi connectivity index (χ1n) is 8.95. The molecule has 26 heavy (non-hydrogen) atoms. The van der Waals surface area contributed by atoms with E-state index in [2.05, 4.69) is 28.4 Å². The highest BCUT2D eigenvalue weighted by atomic mass is 16.5. The summed E-state index contributed by atoms with van der Waals surface area (Å²) in [5.41, 5.74) is 3.09. The highest BCUT2D eigenvalue weighted by Crippen LogP contribution is 2.23. The molecule has 0 bridgehead atoms. The number of rotatable bonds is 7. The Kier molecular flexibility index (Phi) is 6.62. The van der Waals surface area contributed by atoms with Gasteiger partial charge in [0.05, 0.1) is 32.0 Å². The van der Waals surface area contributed by atoms with E-state index in [0.29, 0.717) is 5.56 Å². The summed E-state index contributed by atoms with van der Waals surface area (Å²) in [6.45, 7) is 4.99. The minimum absolute atomic E-state index is 0.281. The molecule has 0 radical (unpaired) electrons. The summed E-state index contributed by atoms with van der Waals surface area (Å²) >= 11 is 0. The Morgan fingerprint density at radius 2 is 1.96 bits per heavy atom. The predicted octanol–water partition coefficient (Wildman–Crippen LogP) is 2.73. The molecule has 1 atom stereocenters. The van der Waals surface area contributed by atoms with Crippen molar-refractivity contribution in [3.05, 3.63) is 65.2 Å². The number of hydrogen-bond acceptors (Lipinski definition) is 5. The van der Waals surface area contributed by atoms with Gasteiger partial charge in [0.25, 0.3) is 0 Å². The van der Waals surface area contributed by atoms with E-state index in [0.717, 1.165) is 50.7 Å². The molecule has 3 rings (SSSR count). The normalized spacial score (nSPS) is 16.0. The largest absolute Gasteiger partial charge is 0.497 e. The van der Waals surface area contributed by atoms with Gasteiger partial charge in [0, 0.05) is 32.2 Å². The predicted molar refractivity (Wildman–Crippen MR) is 101 cm³/mol. The van der Waals surface area contributed by atoms with Gasteiger partial charge < -0.3 is 14.8 Å². The van der Waals surface area contributed by atoms with Gasteiger partial charge in [0.2, 0.25) is 0 Å². The Morgan fingerprint density at radius 1 is 1.19 bits per heavy atom. The molecule has 1 unspecified atom stereocenters. The molecule has 1 fully saturated rings. The number of benzene rings is 2. The number of nitrogens with zero attached hydrogens (tertiary/aromatic N) is 2. The summed E-state index contributed by atoms with van der Waals surface area (Å²) < 4.78 is 10.8. The fraction of sp³-hybridized carbons (Fsp3) is 0.381. The number of nitrogens with one attached hydrogen (secondary N) is 1. The number of methoxy groups -OCH3 is 1. The minimum atomic E-state index is 0.281. The lowest BCUT2D eigenvalue weighted by molar-refractivity contribution is 0.0161. The lowest BCUT2D eigenvalue weighted by atomic mass is 10.0. The molecule has 136 valence electrons. The SMILES string of the molecule is COc1ccc(C(CNCc2cccc(C#N)c2)N2CCOCC2)cc1. The van der Waals surface area contributed by atoms with E-state index in [1.165, 1.54) is 5.56 Å². The number of nitriles is 1. The van der Waals surface area contributed by atoms with Crippen molar-refractivity contribution in [2.75, 3.05) is 40.0 Å². The standard InChI is InChI=1S/C21H25N3O2/c1-25-20-7-5-19(6-8-20)21(24-9-11-26-12-10-24)16-23-15-18-4-2-3-17(13-18)14-22/h2-8,13,21,23H,9-12,15-16H2,1H3. The third-order valence-electron chi connectivity index (χ3n) is 4.71. The highest BCUT2D eigenvalue weighted by Gasteiger charge is 2.22. The number of ether oxygens (including phenoxy) is 2. The summed E-state index contributed by atoms with van der Waals surface area (Å²) in [7, 11) is 1.69. The molecule has 0 aliphatic carbocycles. The van der Waals surface area contributed by atoms with Crippen molar-refractivity contribution in [2.45, 2.75) is 12.6 Å². The van der Waals surface area contributed by atoms with Crippen molar-refractivity contribution in [2.24, 2.45) is 0 Å². The van der Waals surface area contributed by atoms with Gasteiger partial charge in [-0.05, 0) is 35.4 Å². The maximum Gasteiger partial charge on any atom is 0.118 e. The van der Waals surface area contributed by atoms with Crippen LogP contribution < -0.4 is 10.1 Å². The molecule has 2 aromatic carbocycles. The molecule has 0 saturated carbocycles. The van der Waals surface area contributed by atoms with Crippen molar-refractivity contribution in [3.8, 4) is 11.8 Å². The molecular weight excluding hydrogens is 326 g/mol. The average Bonchev–Trinajstić information content (AvgIpc) is 2.72. The Labute approximate surface area is 155 Å². The number of hydrogen-bond donors (Lipinski definition) is 1. The summed E-state index contributed by atoms with van der Waals surface area (Å²) in [6, 6.07) is 18.5. The molecule has 1 N–H and O–H groups in total. The van der Waals surface area contributed by atoms with Crippen LogP contribution in [0.4, 0.5) is 0 Å². The average molecular weight is 351 g/mol. The first-order valence-corrected chi connectivity index (χ1v) is 8.95. The van der Waals surface area contributed by atoms with Crippen LogP contribution in [0.1, 0.15) is 22.7 Å². The topological polar surface area (TPSA) is 57.5 Å². The van der Waals surface area contributed by atoms with E-state index in [-0.39, 0.29) is 6.04 Å². The zero-order valence-corrected chi connectivity index (χ0v) is 15.1. The van der Waals surface area contributed by atoms with Crippen LogP contribution in [0.15, 0.2) is 48.5 Å². The van der Waals surface area contributed by atoms with Crippen LogP contribution in [-0.2, 0) is 11.3 Å². The highest BCUT2D eigenvalue weighted by molar-refractivity contribution is 5.33. The summed E-state index contributed by atoms with van der Waals surface area (Å²) in [4.78, 5) is 2.46. The maximum atomic E-state index is 9.04. The third kappa shape index (κ3) is 4.83. The molecule has 2 aromatic rings. The molecule has 1 heterocycles. The summed E-state index contributed by atoms with van der Waals surface area (Å²) in [5.74, 6) is 0.871. The Morgan fingerprint density at radius 3 is 2.65 bits per heavy atom. The molecule has 1 saturated heterocycles. The van der Waals surface area contributed by atoms with Crippen LogP contribution in [0.25, 0.3) is 0 Å². The van der Waals surface area contributed by atoms with Gasteiger partial charge in [-0.2, -0.15) is 5.26 Å². The Bertz CT molecular complexity index is 734.